The van der Waals surface area contributed by atoms with E-state index in [4.69, 9.17) is 16.1 Å². The molecule has 0 saturated heterocycles. The van der Waals surface area contributed by atoms with Gasteiger partial charge in [-0.25, -0.2) is 0 Å². The molecule has 4 heteroatoms. The minimum absolute atomic E-state index is 0.553. The van der Waals surface area contributed by atoms with E-state index in [2.05, 4.69) is 35.3 Å². The Labute approximate surface area is 143 Å². The van der Waals surface area contributed by atoms with Crippen molar-refractivity contribution < 1.29 is 4.52 Å². The van der Waals surface area contributed by atoms with E-state index in [1.54, 1.807) is 0 Å². The van der Waals surface area contributed by atoms with Gasteiger partial charge in [0.25, 0.3) is 0 Å². The molecule has 1 aromatic heterocycles. The number of aryl methyl sites for hydroxylation is 1. The van der Waals surface area contributed by atoms with E-state index in [-0.39, 0.29) is 0 Å². The zero-order valence-electron chi connectivity index (χ0n) is 14.0. The summed E-state index contributed by atoms with van der Waals surface area (Å²) in [7, 11) is 2.25. The number of rotatable bonds is 5. The molecule has 0 unspecified atom stereocenters. The molecule has 1 aromatic carbocycles. The van der Waals surface area contributed by atoms with Gasteiger partial charge in [-0.15, -0.1) is 0 Å². The highest BCUT2D eigenvalue weighted by Gasteiger charge is 2.26. The highest BCUT2D eigenvalue weighted by molar-refractivity contribution is 6.30. The molecule has 1 heterocycles. The summed E-state index contributed by atoms with van der Waals surface area (Å²) in [5, 5.41) is 4.83. The lowest BCUT2D eigenvalue weighted by Crippen LogP contribution is -2.36. The highest BCUT2D eigenvalue weighted by Crippen LogP contribution is 2.34. The molecule has 1 aliphatic carbocycles. The Morgan fingerprint density at radius 2 is 1.87 bits per heavy atom. The van der Waals surface area contributed by atoms with Crippen LogP contribution in [-0.4, -0.2) is 29.7 Å². The van der Waals surface area contributed by atoms with Gasteiger partial charge in [0.05, 0.1) is 5.69 Å². The molecule has 0 amide bonds. The maximum atomic E-state index is 5.94. The molecule has 0 bridgehead atoms. The van der Waals surface area contributed by atoms with E-state index in [9.17, 15) is 0 Å². The smallest absolute Gasteiger partial charge is 0.140 e. The van der Waals surface area contributed by atoms with Crippen molar-refractivity contribution in [3.05, 3.63) is 52.4 Å². The van der Waals surface area contributed by atoms with Gasteiger partial charge in [-0.1, -0.05) is 28.9 Å². The fourth-order valence-electron chi connectivity index (χ4n) is 3.52. The zero-order chi connectivity index (χ0) is 16.2. The Balaban J connectivity index is 1.46. The van der Waals surface area contributed by atoms with Gasteiger partial charge in [0.15, 0.2) is 0 Å². The van der Waals surface area contributed by atoms with E-state index >= 15 is 0 Å². The first-order chi connectivity index (χ1) is 11.1. The van der Waals surface area contributed by atoms with Crippen molar-refractivity contribution in [3.8, 4) is 0 Å². The van der Waals surface area contributed by atoms with Crippen molar-refractivity contribution in [2.45, 2.75) is 51.0 Å². The van der Waals surface area contributed by atoms with Gasteiger partial charge in [-0.05, 0) is 63.8 Å². The first-order valence-corrected chi connectivity index (χ1v) is 8.87. The molecular weight excluding hydrogens is 308 g/mol. The van der Waals surface area contributed by atoms with Gasteiger partial charge >= 0.3 is 0 Å². The summed E-state index contributed by atoms with van der Waals surface area (Å²) in [6, 6.07) is 11.0. The summed E-state index contributed by atoms with van der Waals surface area (Å²) in [4.78, 5) is 2.51. The third kappa shape index (κ3) is 4.36. The van der Waals surface area contributed by atoms with Gasteiger partial charge in [-0.2, -0.15) is 0 Å². The van der Waals surface area contributed by atoms with Crippen LogP contribution in [0.25, 0.3) is 0 Å². The van der Waals surface area contributed by atoms with Gasteiger partial charge in [0, 0.05) is 29.6 Å². The topological polar surface area (TPSA) is 29.3 Å². The third-order valence-electron chi connectivity index (χ3n) is 5.04. The highest BCUT2D eigenvalue weighted by atomic mass is 35.5. The number of halogens is 1. The normalized spacial score (nSPS) is 21.7. The second-order valence-electron chi connectivity index (χ2n) is 6.73. The number of aromatic nitrogens is 1. The summed E-state index contributed by atoms with van der Waals surface area (Å²) >= 11 is 5.94. The van der Waals surface area contributed by atoms with E-state index in [0.29, 0.717) is 12.0 Å². The van der Waals surface area contributed by atoms with Crippen LogP contribution in [0.2, 0.25) is 5.02 Å². The largest absolute Gasteiger partial charge is 0.361 e. The van der Waals surface area contributed by atoms with Crippen molar-refractivity contribution in [1.29, 1.82) is 0 Å². The quantitative estimate of drug-likeness (QED) is 0.784. The van der Waals surface area contributed by atoms with Crippen LogP contribution in [0.15, 0.2) is 34.9 Å². The minimum Gasteiger partial charge on any atom is -0.361 e. The van der Waals surface area contributed by atoms with E-state index in [1.807, 2.05) is 19.1 Å². The Bertz CT molecular complexity index is 615. The molecule has 3 nitrogen and oxygen atoms in total. The lowest BCUT2D eigenvalue weighted by Gasteiger charge is -2.34. The maximum absolute atomic E-state index is 5.94. The Morgan fingerprint density at radius 3 is 2.48 bits per heavy atom. The fraction of sp³-hybridized carbons (Fsp3) is 0.526. The molecule has 1 saturated carbocycles. The van der Waals surface area contributed by atoms with E-state index in [1.165, 1.54) is 31.2 Å². The van der Waals surface area contributed by atoms with Crippen LogP contribution >= 0.6 is 11.6 Å². The van der Waals surface area contributed by atoms with Crippen molar-refractivity contribution in [2.75, 3.05) is 13.6 Å². The van der Waals surface area contributed by atoms with Gasteiger partial charge < -0.3 is 9.42 Å². The molecule has 23 heavy (non-hydrogen) atoms. The molecule has 0 aliphatic heterocycles. The second-order valence-corrected chi connectivity index (χ2v) is 7.17. The number of hydrogen-bond acceptors (Lipinski definition) is 3. The number of hydrogen-bond donors (Lipinski definition) is 0. The molecule has 0 spiro atoms. The van der Waals surface area contributed by atoms with Crippen molar-refractivity contribution in [1.82, 2.24) is 10.1 Å². The Morgan fingerprint density at radius 1 is 1.17 bits per heavy atom. The van der Waals surface area contributed by atoms with Crippen molar-refractivity contribution in [3.63, 3.8) is 0 Å². The average molecular weight is 333 g/mol. The average Bonchev–Trinajstić information content (AvgIpc) is 3.01. The SMILES string of the molecule is Cc1cc(C2CCC(N(C)CCc3ccc(Cl)cc3)CC2)on1. The fourth-order valence-corrected chi connectivity index (χ4v) is 3.64. The van der Waals surface area contributed by atoms with E-state index in [0.717, 1.165) is 29.4 Å². The molecule has 1 aliphatic rings. The number of benzene rings is 1. The molecule has 124 valence electrons. The lowest BCUT2D eigenvalue weighted by atomic mass is 9.84. The van der Waals surface area contributed by atoms with Crippen LogP contribution in [0.5, 0.6) is 0 Å². The predicted molar refractivity (Wildman–Crippen MR) is 94.0 cm³/mol. The van der Waals surface area contributed by atoms with Crippen LogP contribution in [0.3, 0.4) is 0 Å². The molecule has 3 rings (SSSR count). The Kier molecular flexibility index (Phi) is 5.39. The van der Waals surface area contributed by atoms with E-state index < -0.39 is 0 Å². The zero-order valence-corrected chi connectivity index (χ0v) is 14.7. The molecular formula is C19H25ClN2O. The van der Waals surface area contributed by atoms with Gasteiger partial charge in [0.1, 0.15) is 5.76 Å². The predicted octanol–water partition coefficient (Wildman–Crippen LogP) is 4.84. The second kappa shape index (κ2) is 7.50. The third-order valence-corrected chi connectivity index (χ3v) is 5.29. The molecule has 0 N–H and O–H groups in total. The van der Waals surface area contributed by atoms with Crippen LogP contribution in [0, 0.1) is 6.92 Å². The minimum atomic E-state index is 0.553. The van der Waals surface area contributed by atoms with Crippen LogP contribution in [-0.2, 0) is 6.42 Å². The summed E-state index contributed by atoms with van der Waals surface area (Å²) in [5.74, 6) is 1.63. The first-order valence-electron chi connectivity index (χ1n) is 8.49. The van der Waals surface area contributed by atoms with Crippen LogP contribution in [0.1, 0.15) is 48.6 Å². The standard InChI is InChI=1S/C19H25ClN2O/c1-14-13-19(23-21-14)16-5-9-18(10-6-16)22(2)12-11-15-3-7-17(20)8-4-15/h3-4,7-8,13,16,18H,5-6,9-12H2,1-2H3. The monoisotopic (exact) mass is 332 g/mol. The molecule has 0 radical (unpaired) electrons. The van der Waals surface area contributed by atoms with Crippen molar-refractivity contribution in [2.24, 2.45) is 0 Å². The van der Waals surface area contributed by atoms with Crippen LogP contribution in [0.4, 0.5) is 0 Å². The van der Waals surface area contributed by atoms with Gasteiger partial charge in [0.2, 0.25) is 0 Å². The molecule has 0 atom stereocenters. The number of nitrogens with zero attached hydrogens (tertiary/aromatic N) is 2. The summed E-state index contributed by atoms with van der Waals surface area (Å²) < 4.78 is 5.44. The molecule has 1 fully saturated rings. The maximum Gasteiger partial charge on any atom is 0.140 e. The lowest BCUT2D eigenvalue weighted by molar-refractivity contribution is 0.176. The van der Waals surface area contributed by atoms with Gasteiger partial charge in [-0.3, -0.25) is 0 Å². The number of likely N-dealkylation sites (N-methyl/N-ethyl adjacent to an activating group) is 1. The molecule has 2 aromatic rings. The Hall–Kier alpha value is -1.32. The summed E-state index contributed by atoms with van der Waals surface area (Å²) in [6.07, 6.45) is 5.95. The summed E-state index contributed by atoms with van der Waals surface area (Å²) in [5.41, 5.74) is 2.34. The van der Waals surface area contributed by atoms with Crippen molar-refractivity contribution >= 4 is 11.6 Å². The first kappa shape index (κ1) is 16.5. The summed E-state index contributed by atoms with van der Waals surface area (Å²) in [6.45, 7) is 3.08. The van der Waals surface area contributed by atoms with Crippen LogP contribution < -0.4 is 0 Å².